The molecule has 0 aliphatic heterocycles. The lowest BCUT2D eigenvalue weighted by Crippen LogP contribution is -2.06. The standard InChI is InChI=1S/C13H16O4/c1-9(2)8-17-13(16)6-4-10-3-5-11(14)12(15)7-10/h3-7,9,14-15H,8H2,1-2H3. The van der Waals surface area contributed by atoms with Crippen LogP contribution in [0.3, 0.4) is 0 Å². The first-order valence-corrected chi connectivity index (χ1v) is 5.36. The van der Waals surface area contributed by atoms with E-state index in [1.807, 2.05) is 13.8 Å². The molecule has 0 unspecified atom stereocenters. The second kappa shape index (κ2) is 5.94. The fraction of sp³-hybridized carbons (Fsp3) is 0.308. The van der Waals surface area contributed by atoms with E-state index >= 15 is 0 Å². The maximum atomic E-state index is 11.3. The highest BCUT2D eigenvalue weighted by molar-refractivity contribution is 5.87. The van der Waals surface area contributed by atoms with Gasteiger partial charge >= 0.3 is 5.97 Å². The molecule has 0 radical (unpaired) electrons. The highest BCUT2D eigenvalue weighted by Crippen LogP contribution is 2.25. The Balaban J connectivity index is 2.58. The minimum absolute atomic E-state index is 0.190. The zero-order chi connectivity index (χ0) is 12.8. The van der Waals surface area contributed by atoms with Crippen LogP contribution in [0.1, 0.15) is 19.4 Å². The molecule has 4 heteroatoms. The number of carbonyl (C=O) groups is 1. The third kappa shape index (κ3) is 4.59. The van der Waals surface area contributed by atoms with Gasteiger partial charge in [0.05, 0.1) is 6.61 Å². The number of esters is 1. The van der Waals surface area contributed by atoms with E-state index in [2.05, 4.69) is 0 Å². The van der Waals surface area contributed by atoms with Crippen LogP contribution in [-0.4, -0.2) is 22.8 Å². The second-order valence-corrected chi connectivity index (χ2v) is 4.11. The average Bonchev–Trinajstić information content (AvgIpc) is 2.28. The molecule has 0 aromatic heterocycles. The molecule has 0 amide bonds. The van der Waals surface area contributed by atoms with Crippen molar-refractivity contribution in [1.29, 1.82) is 0 Å². The van der Waals surface area contributed by atoms with E-state index in [-0.39, 0.29) is 11.5 Å². The van der Waals surface area contributed by atoms with E-state index in [1.54, 1.807) is 6.07 Å². The van der Waals surface area contributed by atoms with Crippen LogP contribution in [0, 0.1) is 5.92 Å². The summed E-state index contributed by atoms with van der Waals surface area (Å²) in [5.41, 5.74) is 0.613. The maximum absolute atomic E-state index is 11.3. The minimum Gasteiger partial charge on any atom is -0.504 e. The Hall–Kier alpha value is -1.97. The van der Waals surface area contributed by atoms with E-state index in [9.17, 15) is 9.90 Å². The molecule has 0 atom stereocenters. The fourth-order valence-corrected chi connectivity index (χ4v) is 1.11. The van der Waals surface area contributed by atoms with Crippen molar-refractivity contribution < 1.29 is 19.7 Å². The van der Waals surface area contributed by atoms with Crippen LogP contribution in [0.2, 0.25) is 0 Å². The van der Waals surface area contributed by atoms with Crippen molar-refractivity contribution in [3.63, 3.8) is 0 Å². The summed E-state index contributed by atoms with van der Waals surface area (Å²) < 4.78 is 4.94. The van der Waals surface area contributed by atoms with Gasteiger partial charge in [0.25, 0.3) is 0 Å². The van der Waals surface area contributed by atoms with Gasteiger partial charge in [0.2, 0.25) is 0 Å². The van der Waals surface area contributed by atoms with Gasteiger partial charge in [-0.05, 0) is 29.7 Å². The minimum atomic E-state index is -0.425. The van der Waals surface area contributed by atoms with Crippen molar-refractivity contribution in [3.05, 3.63) is 29.8 Å². The van der Waals surface area contributed by atoms with Gasteiger partial charge in [-0.15, -0.1) is 0 Å². The van der Waals surface area contributed by atoms with Crippen molar-refractivity contribution >= 4 is 12.0 Å². The van der Waals surface area contributed by atoms with E-state index in [1.165, 1.54) is 24.3 Å². The predicted octanol–water partition coefficient (Wildman–Crippen LogP) is 2.31. The number of hydrogen-bond donors (Lipinski definition) is 2. The lowest BCUT2D eigenvalue weighted by molar-refractivity contribution is -0.138. The monoisotopic (exact) mass is 236 g/mol. The number of aromatic hydroxyl groups is 2. The first-order chi connectivity index (χ1) is 7.99. The molecule has 1 rings (SSSR count). The molecule has 2 N–H and O–H groups in total. The number of phenols is 2. The highest BCUT2D eigenvalue weighted by Gasteiger charge is 2.01. The summed E-state index contributed by atoms with van der Waals surface area (Å²) in [6, 6.07) is 4.30. The fourth-order valence-electron chi connectivity index (χ4n) is 1.11. The van der Waals surface area contributed by atoms with Crippen LogP contribution in [-0.2, 0) is 9.53 Å². The number of hydrogen-bond acceptors (Lipinski definition) is 4. The van der Waals surface area contributed by atoms with Gasteiger partial charge in [0.15, 0.2) is 11.5 Å². The Kier molecular flexibility index (Phi) is 4.57. The first-order valence-electron chi connectivity index (χ1n) is 5.36. The van der Waals surface area contributed by atoms with Gasteiger partial charge < -0.3 is 14.9 Å². The van der Waals surface area contributed by atoms with Crippen molar-refractivity contribution in [2.45, 2.75) is 13.8 Å². The molecule has 0 aliphatic rings. The Morgan fingerprint density at radius 3 is 2.65 bits per heavy atom. The van der Waals surface area contributed by atoms with Crippen LogP contribution in [0.25, 0.3) is 6.08 Å². The smallest absolute Gasteiger partial charge is 0.330 e. The second-order valence-electron chi connectivity index (χ2n) is 4.11. The SMILES string of the molecule is CC(C)COC(=O)C=Cc1ccc(O)c(O)c1. The molecule has 0 fully saturated rings. The zero-order valence-electron chi connectivity index (χ0n) is 9.88. The molecule has 17 heavy (non-hydrogen) atoms. The van der Waals surface area contributed by atoms with Crippen molar-refractivity contribution in [2.75, 3.05) is 6.61 Å². The van der Waals surface area contributed by atoms with Gasteiger partial charge in [-0.1, -0.05) is 19.9 Å². The van der Waals surface area contributed by atoms with Crippen LogP contribution in [0.5, 0.6) is 11.5 Å². The van der Waals surface area contributed by atoms with Crippen LogP contribution < -0.4 is 0 Å². The summed E-state index contributed by atoms with van der Waals surface area (Å²) in [7, 11) is 0. The Labute approximate surface area is 100 Å². The Morgan fingerprint density at radius 2 is 2.06 bits per heavy atom. The quantitative estimate of drug-likeness (QED) is 0.478. The van der Waals surface area contributed by atoms with Gasteiger partial charge in [0, 0.05) is 6.08 Å². The maximum Gasteiger partial charge on any atom is 0.330 e. The molecule has 92 valence electrons. The van der Waals surface area contributed by atoms with Gasteiger partial charge in [-0.3, -0.25) is 0 Å². The number of benzene rings is 1. The molecule has 1 aromatic rings. The molecule has 0 aliphatic carbocycles. The molecule has 0 bridgehead atoms. The topological polar surface area (TPSA) is 66.8 Å². The molecule has 0 heterocycles. The number of rotatable bonds is 4. The lowest BCUT2D eigenvalue weighted by Gasteiger charge is -2.04. The number of phenolic OH excluding ortho intramolecular Hbond substituents is 2. The van der Waals surface area contributed by atoms with Crippen molar-refractivity contribution in [2.24, 2.45) is 5.92 Å². The van der Waals surface area contributed by atoms with Crippen LogP contribution >= 0.6 is 0 Å². The summed E-state index contributed by atoms with van der Waals surface area (Å²) in [4.78, 5) is 11.3. The Morgan fingerprint density at radius 1 is 1.35 bits per heavy atom. The van der Waals surface area contributed by atoms with E-state index in [4.69, 9.17) is 9.84 Å². The lowest BCUT2D eigenvalue weighted by atomic mass is 10.2. The zero-order valence-corrected chi connectivity index (χ0v) is 9.88. The molecule has 0 saturated heterocycles. The largest absolute Gasteiger partial charge is 0.504 e. The summed E-state index contributed by atoms with van der Waals surface area (Å²) in [6.45, 7) is 4.29. The molecule has 0 spiro atoms. The molecular weight excluding hydrogens is 220 g/mol. The summed E-state index contributed by atoms with van der Waals surface area (Å²) in [5, 5.41) is 18.3. The van der Waals surface area contributed by atoms with Gasteiger partial charge in [-0.25, -0.2) is 4.79 Å². The Bertz CT molecular complexity index is 421. The highest BCUT2D eigenvalue weighted by atomic mass is 16.5. The summed E-state index contributed by atoms with van der Waals surface area (Å²) in [5.74, 6) is -0.538. The molecule has 0 saturated carbocycles. The third-order valence-corrected chi connectivity index (χ3v) is 1.97. The van der Waals surface area contributed by atoms with E-state index < -0.39 is 5.97 Å². The van der Waals surface area contributed by atoms with Crippen LogP contribution in [0.15, 0.2) is 24.3 Å². The van der Waals surface area contributed by atoms with E-state index in [0.29, 0.717) is 18.1 Å². The molecular formula is C13H16O4. The third-order valence-electron chi connectivity index (χ3n) is 1.97. The normalized spacial score (nSPS) is 11.0. The van der Waals surface area contributed by atoms with Crippen LogP contribution in [0.4, 0.5) is 0 Å². The van der Waals surface area contributed by atoms with Crippen molar-refractivity contribution in [1.82, 2.24) is 0 Å². The van der Waals surface area contributed by atoms with Gasteiger partial charge in [0.1, 0.15) is 0 Å². The first kappa shape index (κ1) is 13.1. The number of carbonyl (C=O) groups excluding carboxylic acids is 1. The van der Waals surface area contributed by atoms with E-state index in [0.717, 1.165) is 0 Å². The number of ether oxygens (including phenoxy) is 1. The molecule has 1 aromatic carbocycles. The van der Waals surface area contributed by atoms with Crippen molar-refractivity contribution in [3.8, 4) is 11.5 Å². The summed E-state index contributed by atoms with van der Waals surface area (Å²) in [6.07, 6.45) is 2.80. The van der Waals surface area contributed by atoms with Gasteiger partial charge in [-0.2, -0.15) is 0 Å². The molecule has 4 nitrogen and oxygen atoms in total. The summed E-state index contributed by atoms with van der Waals surface area (Å²) >= 11 is 0. The predicted molar refractivity (Wildman–Crippen MR) is 64.6 cm³/mol. The average molecular weight is 236 g/mol.